The highest BCUT2D eigenvalue weighted by molar-refractivity contribution is 9.10. The molecule has 0 saturated carbocycles. The molecule has 2 amide bonds. The maximum Gasteiger partial charge on any atom is 0.243 e. The molecule has 0 heterocycles. The number of carbonyl (C=O) groups excluding carboxylic acids is 2. The Bertz CT molecular complexity index is 839. The van der Waals surface area contributed by atoms with E-state index in [0.717, 1.165) is 21.4 Å². The van der Waals surface area contributed by atoms with E-state index < -0.39 is 6.04 Å². The van der Waals surface area contributed by atoms with Gasteiger partial charge in [0, 0.05) is 22.8 Å². The van der Waals surface area contributed by atoms with E-state index in [9.17, 15) is 9.59 Å². The standard InChI is InChI=1S/C24H31BrN2O2S/c1-5-22(24(29)26-17(2)3)27(14-20-8-6-7-18(4)13-20)23(28)16-30-15-19-9-11-21(25)12-10-19/h6-13,17,22H,5,14-16H2,1-4H3,(H,26,29)/t22-/m0/s1. The van der Waals surface area contributed by atoms with Gasteiger partial charge in [-0.1, -0.05) is 64.8 Å². The molecule has 0 spiro atoms. The molecule has 6 heteroatoms. The summed E-state index contributed by atoms with van der Waals surface area (Å²) in [7, 11) is 0. The third kappa shape index (κ3) is 7.80. The molecular formula is C24H31BrN2O2S. The summed E-state index contributed by atoms with van der Waals surface area (Å²) in [6.07, 6.45) is 0.577. The molecule has 2 aromatic rings. The topological polar surface area (TPSA) is 49.4 Å². The van der Waals surface area contributed by atoms with Crippen LogP contribution in [-0.2, 0) is 21.9 Å². The fraction of sp³-hybridized carbons (Fsp3) is 0.417. The number of hydrogen-bond donors (Lipinski definition) is 1. The number of thioether (sulfide) groups is 1. The minimum absolute atomic E-state index is 0.00984. The molecule has 0 radical (unpaired) electrons. The van der Waals surface area contributed by atoms with E-state index in [0.29, 0.717) is 18.7 Å². The Morgan fingerprint density at radius 3 is 2.40 bits per heavy atom. The molecular weight excluding hydrogens is 460 g/mol. The number of benzene rings is 2. The lowest BCUT2D eigenvalue weighted by Crippen LogP contribution is -2.50. The Balaban J connectivity index is 2.12. The van der Waals surface area contributed by atoms with Gasteiger partial charge in [0.1, 0.15) is 6.04 Å². The molecule has 0 aliphatic heterocycles. The van der Waals surface area contributed by atoms with Gasteiger partial charge < -0.3 is 10.2 Å². The van der Waals surface area contributed by atoms with Crippen molar-refractivity contribution in [2.45, 2.75) is 58.5 Å². The average molecular weight is 491 g/mol. The molecule has 2 rings (SSSR count). The minimum Gasteiger partial charge on any atom is -0.352 e. The van der Waals surface area contributed by atoms with Crippen LogP contribution in [0.3, 0.4) is 0 Å². The number of hydrogen-bond acceptors (Lipinski definition) is 3. The zero-order valence-corrected chi connectivity index (χ0v) is 20.6. The van der Waals surface area contributed by atoms with Crippen molar-refractivity contribution in [2.24, 2.45) is 0 Å². The molecule has 0 fully saturated rings. The van der Waals surface area contributed by atoms with Crippen molar-refractivity contribution in [3.8, 4) is 0 Å². The van der Waals surface area contributed by atoms with E-state index in [1.165, 1.54) is 5.56 Å². The van der Waals surface area contributed by atoms with Crippen LogP contribution < -0.4 is 5.32 Å². The van der Waals surface area contributed by atoms with Crippen LogP contribution in [0.15, 0.2) is 53.0 Å². The van der Waals surface area contributed by atoms with Gasteiger partial charge in [-0.2, -0.15) is 0 Å². The van der Waals surface area contributed by atoms with E-state index in [-0.39, 0.29) is 17.9 Å². The van der Waals surface area contributed by atoms with Crippen LogP contribution in [0.5, 0.6) is 0 Å². The van der Waals surface area contributed by atoms with Crippen molar-refractivity contribution >= 4 is 39.5 Å². The first-order chi connectivity index (χ1) is 14.3. The summed E-state index contributed by atoms with van der Waals surface area (Å²) in [5, 5.41) is 2.97. The number of aryl methyl sites for hydroxylation is 1. The summed E-state index contributed by atoms with van der Waals surface area (Å²) in [6, 6.07) is 15.8. The summed E-state index contributed by atoms with van der Waals surface area (Å²) < 4.78 is 1.04. The smallest absolute Gasteiger partial charge is 0.243 e. The summed E-state index contributed by atoms with van der Waals surface area (Å²) in [4.78, 5) is 27.7. The zero-order valence-electron chi connectivity index (χ0n) is 18.2. The SMILES string of the molecule is CC[C@@H](C(=O)NC(C)C)N(Cc1cccc(C)c1)C(=O)CSCc1ccc(Br)cc1. The van der Waals surface area contributed by atoms with Gasteiger partial charge >= 0.3 is 0 Å². The van der Waals surface area contributed by atoms with Crippen LogP contribution >= 0.6 is 27.7 Å². The highest BCUT2D eigenvalue weighted by Gasteiger charge is 2.28. The van der Waals surface area contributed by atoms with Gasteiger partial charge in [-0.15, -0.1) is 11.8 Å². The fourth-order valence-corrected chi connectivity index (χ4v) is 4.36. The van der Waals surface area contributed by atoms with E-state index in [1.807, 2.05) is 58.0 Å². The maximum absolute atomic E-state index is 13.2. The molecule has 2 aromatic carbocycles. The van der Waals surface area contributed by atoms with Crippen LogP contribution in [0.4, 0.5) is 0 Å². The van der Waals surface area contributed by atoms with Gasteiger partial charge in [0.15, 0.2) is 0 Å². The average Bonchev–Trinajstić information content (AvgIpc) is 2.68. The molecule has 4 nitrogen and oxygen atoms in total. The lowest BCUT2D eigenvalue weighted by atomic mass is 10.1. The Morgan fingerprint density at radius 1 is 1.10 bits per heavy atom. The van der Waals surface area contributed by atoms with Crippen LogP contribution in [0.1, 0.15) is 43.9 Å². The lowest BCUT2D eigenvalue weighted by molar-refractivity contribution is -0.139. The van der Waals surface area contributed by atoms with Crippen LogP contribution in [0.25, 0.3) is 0 Å². The van der Waals surface area contributed by atoms with Crippen molar-refractivity contribution in [3.05, 3.63) is 69.7 Å². The monoisotopic (exact) mass is 490 g/mol. The summed E-state index contributed by atoms with van der Waals surface area (Å²) >= 11 is 5.02. The number of nitrogens with one attached hydrogen (secondary N) is 1. The Labute approximate surface area is 192 Å². The second-order valence-electron chi connectivity index (χ2n) is 7.72. The van der Waals surface area contributed by atoms with Gasteiger partial charge in [-0.25, -0.2) is 0 Å². The minimum atomic E-state index is -0.478. The first-order valence-electron chi connectivity index (χ1n) is 10.3. The molecule has 162 valence electrons. The van der Waals surface area contributed by atoms with Gasteiger partial charge in [0.05, 0.1) is 5.75 Å². The normalized spacial score (nSPS) is 11.9. The van der Waals surface area contributed by atoms with Gasteiger partial charge in [-0.05, 0) is 50.5 Å². The van der Waals surface area contributed by atoms with Crippen LogP contribution in [-0.4, -0.2) is 34.6 Å². The first kappa shape index (κ1) is 24.5. The Kier molecular flexibility index (Phi) is 9.92. The van der Waals surface area contributed by atoms with E-state index >= 15 is 0 Å². The highest BCUT2D eigenvalue weighted by Crippen LogP contribution is 2.19. The molecule has 1 atom stereocenters. The maximum atomic E-state index is 13.2. The highest BCUT2D eigenvalue weighted by atomic mass is 79.9. The van der Waals surface area contributed by atoms with Crippen molar-refractivity contribution < 1.29 is 9.59 Å². The molecule has 0 aromatic heterocycles. The summed E-state index contributed by atoms with van der Waals surface area (Å²) in [5.74, 6) is 0.996. The lowest BCUT2D eigenvalue weighted by Gasteiger charge is -2.31. The predicted octanol–water partition coefficient (Wildman–Crippen LogP) is 5.32. The number of carbonyl (C=O) groups is 2. The summed E-state index contributed by atoms with van der Waals surface area (Å²) in [5.41, 5.74) is 3.35. The van der Waals surface area contributed by atoms with Crippen molar-refractivity contribution in [1.29, 1.82) is 0 Å². The second kappa shape index (κ2) is 12.2. The molecule has 0 aliphatic rings. The quantitative estimate of drug-likeness (QED) is 0.489. The van der Waals surface area contributed by atoms with Gasteiger partial charge in [0.25, 0.3) is 0 Å². The fourth-order valence-electron chi connectivity index (χ4n) is 3.23. The second-order valence-corrected chi connectivity index (χ2v) is 9.62. The third-order valence-corrected chi connectivity index (χ3v) is 6.18. The zero-order chi connectivity index (χ0) is 22.1. The third-order valence-electron chi connectivity index (χ3n) is 4.66. The molecule has 0 saturated heterocycles. The van der Waals surface area contributed by atoms with Crippen molar-refractivity contribution in [1.82, 2.24) is 10.2 Å². The summed E-state index contributed by atoms with van der Waals surface area (Å²) in [6.45, 7) is 8.29. The van der Waals surface area contributed by atoms with Gasteiger partial charge in [0.2, 0.25) is 11.8 Å². The molecule has 0 unspecified atom stereocenters. The Hall–Kier alpha value is -1.79. The van der Waals surface area contributed by atoms with Crippen molar-refractivity contribution in [2.75, 3.05) is 5.75 Å². The number of nitrogens with zero attached hydrogens (tertiary/aromatic N) is 1. The molecule has 1 N–H and O–H groups in total. The van der Waals surface area contributed by atoms with Crippen molar-refractivity contribution in [3.63, 3.8) is 0 Å². The Morgan fingerprint density at radius 2 is 1.80 bits per heavy atom. The number of amides is 2. The first-order valence-corrected chi connectivity index (χ1v) is 12.2. The number of rotatable bonds is 10. The van der Waals surface area contributed by atoms with E-state index in [4.69, 9.17) is 0 Å². The molecule has 0 aliphatic carbocycles. The van der Waals surface area contributed by atoms with Gasteiger partial charge in [-0.3, -0.25) is 9.59 Å². The predicted molar refractivity (Wildman–Crippen MR) is 129 cm³/mol. The molecule has 30 heavy (non-hydrogen) atoms. The van der Waals surface area contributed by atoms with E-state index in [2.05, 4.69) is 39.4 Å². The van der Waals surface area contributed by atoms with E-state index in [1.54, 1.807) is 16.7 Å². The number of halogens is 1. The van der Waals surface area contributed by atoms with Crippen LogP contribution in [0.2, 0.25) is 0 Å². The largest absolute Gasteiger partial charge is 0.352 e. The molecule has 0 bridgehead atoms. The van der Waals surface area contributed by atoms with Crippen LogP contribution in [0, 0.1) is 6.92 Å².